The second-order valence-electron chi connectivity index (χ2n) is 3.28. The summed E-state index contributed by atoms with van der Waals surface area (Å²) in [5.41, 5.74) is 0. The molecule has 0 fully saturated rings. The molecular formula is C11H12N2O3. The van der Waals surface area contributed by atoms with Gasteiger partial charge in [-0.15, -0.1) is 0 Å². The van der Waals surface area contributed by atoms with Crippen molar-refractivity contribution < 1.29 is 13.9 Å². The van der Waals surface area contributed by atoms with Crippen LogP contribution < -0.4 is 10.1 Å². The summed E-state index contributed by atoms with van der Waals surface area (Å²) in [5.74, 6) is 1.18. The number of carbonyl (C=O) groups excluding carboxylic acids is 1. The third-order valence-corrected chi connectivity index (χ3v) is 2.08. The van der Waals surface area contributed by atoms with Crippen LogP contribution in [0.3, 0.4) is 0 Å². The molecule has 0 atom stereocenters. The van der Waals surface area contributed by atoms with Crippen molar-refractivity contribution in [3.63, 3.8) is 0 Å². The molecule has 0 bridgehead atoms. The molecule has 2 aromatic rings. The average Bonchev–Trinajstić information content (AvgIpc) is 2.88. The van der Waals surface area contributed by atoms with Gasteiger partial charge in [0, 0.05) is 19.3 Å². The van der Waals surface area contributed by atoms with E-state index in [2.05, 4.69) is 5.32 Å². The van der Waals surface area contributed by atoms with Crippen LogP contribution >= 0.6 is 0 Å². The van der Waals surface area contributed by atoms with E-state index in [9.17, 15) is 4.79 Å². The van der Waals surface area contributed by atoms with Crippen LogP contribution in [0, 0.1) is 0 Å². The quantitative estimate of drug-likeness (QED) is 0.859. The van der Waals surface area contributed by atoms with Crippen LogP contribution in [-0.2, 0) is 13.6 Å². The summed E-state index contributed by atoms with van der Waals surface area (Å²) in [6.07, 6.45) is 2.85. The topological polar surface area (TPSA) is 56.4 Å². The summed E-state index contributed by atoms with van der Waals surface area (Å²) in [4.78, 5) is 11.4. The van der Waals surface area contributed by atoms with E-state index in [1.807, 2.05) is 0 Å². The molecule has 2 heterocycles. The van der Waals surface area contributed by atoms with E-state index in [0.717, 1.165) is 0 Å². The Morgan fingerprint density at radius 2 is 2.38 bits per heavy atom. The highest BCUT2D eigenvalue weighted by Crippen LogP contribution is 2.09. The first-order chi connectivity index (χ1) is 7.75. The molecule has 1 amide bonds. The molecular weight excluding hydrogens is 208 g/mol. The van der Waals surface area contributed by atoms with E-state index < -0.39 is 6.09 Å². The van der Waals surface area contributed by atoms with Crippen molar-refractivity contribution in [2.24, 2.45) is 7.05 Å². The Hall–Kier alpha value is -2.17. The van der Waals surface area contributed by atoms with Gasteiger partial charge >= 0.3 is 6.09 Å². The van der Waals surface area contributed by atoms with E-state index in [0.29, 0.717) is 18.2 Å². The van der Waals surface area contributed by atoms with Gasteiger partial charge in [-0.2, -0.15) is 0 Å². The number of nitrogens with one attached hydrogen (secondary N) is 1. The molecule has 0 radical (unpaired) electrons. The van der Waals surface area contributed by atoms with Crippen molar-refractivity contribution in [1.29, 1.82) is 0 Å². The number of furan rings is 1. The zero-order chi connectivity index (χ0) is 11.4. The van der Waals surface area contributed by atoms with E-state index in [-0.39, 0.29) is 0 Å². The lowest BCUT2D eigenvalue weighted by Gasteiger charge is -2.05. The van der Waals surface area contributed by atoms with Gasteiger partial charge in [0.25, 0.3) is 0 Å². The minimum Gasteiger partial charge on any atom is -0.467 e. The summed E-state index contributed by atoms with van der Waals surface area (Å²) < 4.78 is 11.8. The lowest BCUT2D eigenvalue weighted by molar-refractivity contribution is 0.195. The molecule has 5 nitrogen and oxygen atoms in total. The second-order valence-corrected chi connectivity index (χ2v) is 3.28. The Bertz CT molecular complexity index is 459. The van der Waals surface area contributed by atoms with Crippen LogP contribution in [0.25, 0.3) is 0 Å². The average molecular weight is 220 g/mol. The number of carbonyl (C=O) groups is 1. The van der Waals surface area contributed by atoms with Crippen molar-refractivity contribution in [2.75, 3.05) is 0 Å². The van der Waals surface area contributed by atoms with Gasteiger partial charge in [0.1, 0.15) is 5.76 Å². The second kappa shape index (κ2) is 4.57. The summed E-state index contributed by atoms with van der Waals surface area (Å²) in [6, 6.07) is 7.06. The summed E-state index contributed by atoms with van der Waals surface area (Å²) in [6.45, 7) is 0.316. The molecule has 2 rings (SSSR count). The van der Waals surface area contributed by atoms with Gasteiger partial charge in [-0.1, -0.05) is 0 Å². The number of aryl methyl sites for hydroxylation is 1. The van der Waals surface area contributed by atoms with Gasteiger partial charge in [-0.05, 0) is 18.2 Å². The molecule has 2 aromatic heterocycles. The first-order valence-corrected chi connectivity index (χ1v) is 4.85. The van der Waals surface area contributed by atoms with Gasteiger partial charge in [0.05, 0.1) is 12.8 Å². The number of amides is 1. The summed E-state index contributed by atoms with van der Waals surface area (Å²) in [5, 5.41) is 2.58. The van der Waals surface area contributed by atoms with Gasteiger partial charge in [0.2, 0.25) is 5.88 Å². The number of nitrogens with zero attached hydrogens (tertiary/aromatic N) is 1. The fraction of sp³-hybridized carbons (Fsp3) is 0.182. The van der Waals surface area contributed by atoms with E-state index in [1.54, 1.807) is 48.3 Å². The highest BCUT2D eigenvalue weighted by atomic mass is 16.6. The largest absolute Gasteiger partial charge is 0.467 e. The highest BCUT2D eigenvalue weighted by Gasteiger charge is 2.06. The highest BCUT2D eigenvalue weighted by molar-refractivity contribution is 5.69. The normalized spacial score (nSPS) is 10.1. The summed E-state index contributed by atoms with van der Waals surface area (Å²) in [7, 11) is 1.80. The number of hydrogen-bond donors (Lipinski definition) is 1. The predicted octanol–water partition coefficient (Wildman–Crippen LogP) is 1.91. The molecule has 5 heteroatoms. The Morgan fingerprint density at radius 1 is 1.50 bits per heavy atom. The third-order valence-electron chi connectivity index (χ3n) is 2.08. The summed E-state index contributed by atoms with van der Waals surface area (Å²) >= 11 is 0. The molecule has 0 aromatic carbocycles. The maximum Gasteiger partial charge on any atom is 0.414 e. The van der Waals surface area contributed by atoms with Crippen LogP contribution in [0.4, 0.5) is 4.79 Å². The molecule has 1 N–H and O–H groups in total. The number of hydrogen-bond acceptors (Lipinski definition) is 3. The van der Waals surface area contributed by atoms with Gasteiger partial charge in [-0.3, -0.25) is 0 Å². The number of aromatic nitrogens is 1. The molecule has 0 aliphatic rings. The van der Waals surface area contributed by atoms with Crippen LogP contribution in [0.5, 0.6) is 5.88 Å². The molecule has 0 saturated heterocycles. The Morgan fingerprint density at radius 3 is 3.00 bits per heavy atom. The van der Waals surface area contributed by atoms with Crippen molar-refractivity contribution in [2.45, 2.75) is 6.54 Å². The predicted molar refractivity (Wildman–Crippen MR) is 57.0 cm³/mol. The molecule has 16 heavy (non-hydrogen) atoms. The Balaban J connectivity index is 1.83. The maximum atomic E-state index is 11.4. The number of ether oxygens (including phenoxy) is 1. The lowest BCUT2D eigenvalue weighted by Crippen LogP contribution is -2.26. The van der Waals surface area contributed by atoms with Gasteiger partial charge in [-0.25, -0.2) is 4.79 Å². The molecule has 0 unspecified atom stereocenters. The van der Waals surface area contributed by atoms with Crippen LogP contribution in [0.1, 0.15) is 5.76 Å². The monoisotopic (exact) mass is 220 g/mol. The van der Waals surface area contributed by atoms with Crippen LogP contribution in [-0.4, -0.2) is 10.7 Å². The van der Waals surface area contributed by atoms with Crippen molar-refractivity contribution >= 4 is 6.09 Å². The minimum absolute atomic E-state index is 0.316. The Kier molecular flexibility index (Phi) is 2.95. The van der Waals surface area contributed by atoms with E-state index in [4.69, 9.17) is 9.15 Å². The number of rotatable bonds is 3. The van der Waals surface area contributed by atoms with Crippen molar-refractivity contribution in [3.8, 4) is 5.88 Å². The third kappa shape index (κ3) is 2.44. The lowest BCUT2D eigenvalue weighted by atomic mass is 10.4. The first-order valence-electron chi connectivity index (χ1n) is 4.85. The molecule has 0 spiro atoms. The Labute approximate surface area is 92.6 Å². The smallest absolute Gasteiger partial charge is 0.414 e. The zero-order valence-electron chi connectivity index (χ0n) is 8.84. The van der Waals surface area contributed by atoms with Crippen molar-refractivity contribution in [1.82, 2.24) is 9.88 Å². The fourth-order valence-corrected chi connectivity index (χ4v) is 1.26. The van der Waals surface area contributed by atoms with E-state index in [1.165, 1.54) is 0 Å². The standard InChI is InChI=1S/C11H12N2O3/c1-13-6-2-5-10(13)16-11(14)12-8-9-4-3-7-15-9/h2-7H,8H2,1H3,(H,12,14). The van der Waals surface area contributed by atoms with Crippen LogP contribution in [0.2, 0.25) is 0 Å². The fourth-order valence-electron chi connectivity index (χ4n) is 1.26. The minimum atomic E-state index is -0.502. The van der Waals surface area contributed by atoms with Crippen LogP contribution in [0.15, 0.2) is 41.1 Å². The van der Waals surface area contributed by atoms with Gasteiger partial charge < -0.3 is 19.0 Å². The zero-order valence-corrected chi connectivity index (χ0v) is 8.84. The van der Waals surface area contributed by atoms with Crippen molar-refractivity contribution in [3.05, 3.63) is 42.5 Å². The molecule has 84 valence electrons. The molecule has 0 aliphatic heterocycles. The molecule has 0 saturated carbocycles. The van der Waals surface area contributed by atoms with Gasteiger partial charge in [0.15, 0.2) is 0 Å². The first kappa shape index (κ1) is 10.4. The van der Waals surface area contributed by atoms with E-state index >= 15 is 0 Å². The molecule has 0 aliphatic carbocycles. The SMILES string of the molecule is Cn1cccc1OC(=O)NCc1ccco1. The maximum absolute atomic E-state index is 11.4.